The fraction of sp³-hybridized carbons (Fsp3) is 0.506. The highest BCUT2D eigenvalue weighted by molar-refractivity contribution is 8.13. The van der Waals surface area contributed by atoms with Crippen LogP contribution >= 0.6 is 24.4 Å². The third-order valence-corrected chi connectivity index (χ3v) is 21.8. The molecule has 6 aromatic rings. The lowest BCUT2D eigenvalue weighted by Crippen LogP contribution is -2.50. The largest absolute Gasteiger partial charge is 0.370 e. The van der Waals surface area contributed by atoms with E-state index in [0.717, 1.165) is 94.0 Å². The second-order valence-electron chi connectivity index (χ2n) is 31.6. The number of nitrogens with one attached hydrogen (secondary N) is 14. The van der Waals surface area contributed by atoms with Crippen LogP contribution in [0.2, 0.25) is 0 Å². The second-order valence-corrected chi connectivity index (χ2v) is 33.1. The van der Waals surface area contributed by atoms with Gasteiger partial charge in [0.2, 0.25) is 93.7 Å². The zero-order chi connectivity index (χ0) is 103. The van der Waals surface area contributed by atoms with Gasteiger partial charge in [-0.25, -0.2) is 28.8 Å². The Bertz CT molecular complexity index is 6250. The molecule has 56 nitrogen and oxygen atoms in total. The molecule has 139 heavy (non-hydrogen) atoms. The first-order valence-corrected chi connectivity index (χ1v) is 44.7. The van der Waals surface area contributed by atoms with Crippen LogP contribution in [0.5, 0.6) is 0 Å². The van der Waals surface area contributed by atoms with Gasteiger partial charge in [0.05, 0.1) is 45.3 Å². The third kappa shape index (κ3) is 38.3. The van der Waals surface area contributed by atoms with Crippen LogP contribution in [0.3, 0.4) is 0 Å². The minimum absolute atomic E-state index is 0.00355. The summed E-state index contributed by atoms with van der Waals surface area (Å²) in [7, 11) is 0. The van der Waals surface area contributed by atoms with Gasteiger partial charge < -0.3 is 83.4 Å². The van der Waals surface area contributed by atoms with Crippen molar-refractivity contribution in [2.24, 2.45) is 11.5 Å². The number of thioether (sulfide) groups is 1. The monoisotopic (exact) mass is 1990 g/mol. The van der Waals surface area contributed by atoms with Crippen LogP contribution in [0.25, 0.3) is 0 Å². The minimum Gasteiger partial charge on any atom is -0.370 e. The minimum atomic E-state index is -1.06. The van der Waals surface area contributed by atoms with Crippen LogP contribution in [0.1, 0.15) is 71.9 Å². The molecule has 0 aliphatic rings. The molecule has 0 unspecified atom stereocenters. The maximum Gasteiger partial charge on any atom is 0.328 e. The molecule has 0 aliphatic heterocycles. The molecule has 58 heteroatoms. The van der Waals surface area contributed by atoms with E-state index in [9.17, 15) is 134 Å². The normalized spacial score (nSPS) is 11.1. The van der Waals surface area contributed by atoms with Gasteiger partial charge in [0.25, 0.3) is 33.4 Å². The average Bonchev–Trinajstić information content (AvgIpc) is 0.861. The van der Waals surface area contributed by atoms with Crippen LogP contribution in [0.4, 0.5) is 0 Å². The van der Waals surface area contributed by atoms with E-state index < -0.39 is 305 Å². The molecule has 0 spiro atoms. The van der Waals surface area contributed by atoms with Crippen molar-refractivity contribution in [1.29, 1.82) is 0 Å². The Morgan fingerprint density at radius 1 is 0.309 bits per heavy atom. The molecular formula is C81H112N28O28S2. The number of amides is 15. The number of primary amides is 1. The molecule has 0 aliphatic carbocycles. The van der Waals surface area contributed by atoms with Crippen molar-refractivity contribution < 1.29 is 76.7 Å². The van der Waals surface area contributed by atoms with Gasteiger partial charge in [-0.2, -0.15) is 12.6 Å². The summed E-state index contributed by atoms with van der Waals surface area (Å²) in [4.78, 5) is 385. The van der Waals surface area contributed by atoms with E-state index in [0.29, 0.717) is 37.6 Å². The predicted octanol–water partition coefficient (Wildman–Crippen LogP) is -13.6. The Morgan fingerprint density at radius 3 is 0.784 bits per heavy atom. The number of aryl methyl sites for hydroxylation is 6. The van der Waals surface area contributed by atoms with E-state index in [1.165, 1.54) is 41.5 Å². The predicted molar refractivity (Wildman–Crippen MR) is 496 cm³/mol. The fourth-order valence-electron chi connectivity index (χ4n) is 12.7. The Labute approximate surface area is 795 Å². The van der Waals surface area contributed by atoms with Crippen LogP contribution in [-0.2, 0) is 116 Å². The van der Waals surface area contributed by atoms with Crippen LogP contribution in [0, 0.1) is 41.5 Å². The maximum absolute atomic E-state index is 14.3. The summed E-state index contributed by atoms with van der Waals surface area (Å²) in [6, 6.07) is -0.792. The summed E-state index contributed by atoms with van der Waals surface area (Å²) in [5.41, 5.74) is 0.0329. The Morgan fingerprint density at radius 2 is 0.540 bits per heavy atom. The van der Waals surface area contributed by atoms with Crippen LogP contribution in [-0.4, -0.2) is 329 Å². The van der Waals surface area contributed by atoms with Crippen molar-refractivity contribution in [3.63, 3.8) is 0 Å². The topological polar surface area (TPSA) is 770 Å². The number of hydrogen-bond donors (Lipinski definition) is 17. The molecular weight excluding hydrogens is 1880 g/mol. The van der Waals surface area contributed by atoms with E-state index in [2.05, 4.69) is 65.1 Å². The molecule has 18 N–H and O–H groups in total. The van der Waals surface area contributed by atoms with Gasteiger partial charge in [0.1, 0.15) is 39.3 Å². The Hall–Kier alpha value is -15.5. The van der Waals surface area contributed by atoms with Gasteiger partial charge in [-0.15, -0.1) is 0 Å². The second kappa shape index (κ2) is 55.5. The number of nitrogens with two attached hydrogens (primary N) is 2. The maximum atomic E-state index is 14.3. The lowest BCUT2D eigenvalue weighted by atomic mass is 10.2. The van der Waals surface area contributed by atoms with Gasteiger partial charge >= 0.3 is 34.1 Å². The summed E-state index contributed by atoms with van der Waals surface area (Å²) in [6.45, 7) is -7.24. The van der Waals surface area contributed by atoms with Crippen molar-refractivity contribution in [3.05, 3.63) is 196 Å². The summed E-state index contributed by atoms with van der Waals surface area (Å²) >= 11 is 4.65. The summed E-state index contributed by atoms with van der Waals surface area (Å²) < 4.78 is 4.96. The van der Waals surface area contributed by atoms with Crippen molar-refractivity contribution in [2.45, 2.75) is 125 Å². The third-order valence-electron chi connectivity index (χ3n) is 20.5. The van der Waals surface area contributed by atoms with E-state index in [1.54, 1.807) is 0 Å². The first-order valence-electron chi connectivity index (χ1n) is 43.1. The first kappa shape index (κ1) is 112. The van der Waals surface area contributed by atoms with Gasteiger partial charge in [0, 0.05) is 193 Å². The number of nitrogens with zero attached hydrogens (tertiary/aromatic N) is 12. The Kier molecular flexibility index (Phi) is 44.8. The molecule has 756 valence electrons. The van der Waals surface area contributed by atoms with Crippen LogP contribution < -0.4 is 121 Å². The number of aromatic nitrogens is 12. The number of rotatable bonds is 56. The molecule has 0 bridgehead atoms. The quantitative estimate of drug-likeness (QED) is 0.0125. The summed E-state index contributed by atoms with van der Waals surface area (Å²) in [6.07, 6.45) is 7.56. The van der Waals surface area contributed by atoms with E-state index >= 15 is 0 Å². The number of carbonyl (C=O) groups excluding carboxylic acids is 16. The number of carbonyl (C=O) groups is 16. The van der Waals surface area contributed by atoms with E-state index in [-0.39, 0.29) is 89.7 Å². The van der Waals surface area contributed by atoms with E-state index in [4.69, 9.17) is 11.5 Å². The molecule has 6 rings (SSSR count). The molecule has 0 saturated carbocycles. The summed E-state index contributed by atoms with van der Waals surface area (Å²) in [5, 5.41) is 19.6. The molecule has 0 fully saturated rings. The zero-order valence-corrected chi connectivity index (χ0v) is 78.6. The van der Waals surface area contributed by atoms with Crippen LogP contribution in [0.15, 0.2) is 94.7 Å². The molecule has 15 amide bonds. The molecule has 0 saturated heterocycles. The smallest absolute Gasteiger partial charge is 0.328 e. The molecule has 1 atom stereocenters. The fourth-order valence-corrected chi connectivity index (χ4v) is 13.7. The lowest BCUT2D eigenvalue weighted by molar-refractivity contribution is -0.138. The SMILES string of the molecule is Cc1cn(CC(=O)N(CCNC(=O)CCCCCNC(=O)[C@@H](N)CS)CC(=O)NCCN(CC(=O)NCCN(CC(=O)NCCN(CC(=O)NCCN(CC(=O)NCCN(CC(=O)SCCC(=O)NCCC(N)=O)C(=O)Cn2cc(C)c(=O)[nH]c2=O)C(=O)Cn2cc(C)c(=O)[nH]c2=O)C(=O)Cn2cc(C)c(=O)[nH]c2=O)C(=O)Cn2cc(C)c(=O)[nH]c2=O)C(=O)Cn2cc(C)c(=O)[nH]c2=O)c(=O)[nH]c1=O. The van der Waals surface area contributed by atoms with Gasteiger partial charge in [-0.3, -0.25) is 163 Å². The molecule has 6 heterocycles. The highest BCUT2D eigenvalue weighted by atomic mass is 32.2. The number of thiol groups is 1. The molecule has 6 aromatic heterocycles. The van der Waals surface area contributed by atoms with Crippen molar-refractivity contribution >= 4 is 118 Å². The van der Waals surface area contributed by atoms with E-state index in [1.807, 2.05) is 19.9 Å². The molecule has 0 aromatic carbocycles. The Balaban J connectivity index is 1.17. The van der Waals surface area contributed by atoms with Gasteiger partial charge in [-0.05, 0) is 54.4 Å². The average molecular weight is 1990 g/mol. The summed E-state index contributed by atoms with van der Waals surface area (Å²) in [5.74, 6) is -12.4. The highest BCUT2D eigenvalue weighted by Crippen LogP contribution is 2.09. The first-order chi connectivity index (χ1) is 65.7. The highest BCUT2D eigenvalue weighted by Gasteiger charge is 2.29. The van der Waals surface area contributed by atoms with Crippen molar-refractivity contribution in [1.82, 2.24) is 129 Å². The number of unbranched alkanes of at least 4 members (excludes halogenated alkanes) is 2. The number of aromatic amines is 6. The molecule has 0 radical (unpaired) electrons. The zero-order valence-electron chi connectivity index (χ0n) is 76.9. The van der Waals surface area contributed by atoms with Crippen molar-refractivity contribution in [3.8, 4) is 0 Å². The van der Waals surface area contributed by atoms with Gasteiger partial charge in [-0.1, -0.05) is 18.2 Å². The number of hydrogen-bond acceptors (Lipinski definition) is 31. The van der Waals surface area contributed by atoms with Crippen molar-refractivity contribution in [2.75, 3.05) is 142 Å². The van der Waals surface area contributed by atoms with Gasteiger partial charge in [0.15, 0.2) is 0 Å². The number of H-pyrrole nitrogens is 6. The lowest BCUT2D eigenvalue weighted by Gasteiger charge is -2.26. The standard InChI is InChI=1S/C81H112N28O28S2/c1-47-28-104(76(132)92-69(47)125)39-62(118)98(21-15-85-55(111)10-8-7-9-13-91-75(131)53(82)46-138)34-57(113)86-16-22-99(63(119)40-105-29-48(2)70(126)93-77(105)133)35-58(114)87-17-23-100(64(120)41-106-30-49(3)71(127)94-78(106)134)36-59(115)88-18-24-101(65(121)42-107-31-50(4)72(128)95-79(107)135)37-60(116)89-19-25-102(66(122)43-108-32-51(5)73(129)96-80(108)136)38-61(117)90-20-26-103(67(123)44-109-33-52(6)74(130)97-81(109)137)45-68(124)139-27-12-56(112)84-14-11-54(83)110/h28-33,53,138H,7-27,34-46,82H2,1-6H3,(H2,83,110)(H,84,112)(H,85,111)(H,86,113)(H,87,114)(H,88,115)(H,89,116)(H,90,117)(H,91,131)(H,92,125,132)(H,93,126,133)(H,94,127,134)(H,95,128,135)(H,96,129,136)(H,97,130,137)/t53-/m0/s1.